The van der Waals surface area contributed by atoms with E-state index < -0.39 is 106 Å². The fraction of sp³-hybridized carbons (Fsp3) is 0.340. The van der Waals surface area contributed by atoms with Crippen LogP contribution in [0.25, 0.3) is 10.8 Å². The lowest BCUT2D eigenvalue weighted by atomic mass is 9.82. The maximum absolute atomic E-state index is 13.4. The Morgan fingerprint density at radius 1 is 0.357 bits per heavy atom. The minimum Gasteiger partial charge on any atom is -0.493 e. The Labute approximate surface area is 811 Å². The van der Waals surface area contributed by atoms with Crippen LogP contribution in [0.1, 0.15) is 121 Å². The fourth-order valence-electron chi connectivity index (χ4n) is 15.4. The normalized spacial score (nSPS) is 16.2. The number of piperidine rings is 1. The molecule has 4 nitrogen and oxygen atoms in total. The van der Waals surface area contributed by atoms with E-state index in [0.717, 1.165) is 31.6 Å². The molecule has 0 amide bonds. The molecule has 0 spiro atoms. The average Bonchev–Trinajstić information content (AvgIpc) is 1.69. The molecule has 3 unspecified atom stereocenters. The molecule has 2 bridgehead atoms. The zero-order valence-electron chi connectivity index (χ0n) is 76.8. The molecule has 0 radical (unpaired) electrons. The molecule has 12 aromatic rings. The van der Waals surface area contributed by atoms with Crippen LogP contribution in [0.5, 0.6) is 5.75 Å². The first kappa shape index (κ1) is 114. The predicted molar refractivity (Wildman–Crippen MR) is 505 cm³/mol. The van der Waals surface area contributed by atoms with Crippen LogP contribution in [0.4, 0.5) is 110 Å². The van der Waals surface area contributed by atoms with Crippen molar-refractivity contribution in [2.75, 3.05) is 31.2 Å². The van der Waals surface area contributed by atoms with Crippen molar-refractivity contribution in [2.24, 2.45) is 17.8 Å². The van der Waals surface area contributed by atoms with Gasteiger partial charge in [-0.3, -0.25) is 0 Å². The van der Waals surface area contributed by atoms with Gasteiger partial charge in [-0.05, 0) is 228 Å². The van der Waals surface area contributed by atoms with Gasteiger partial charge in [-0.25, -0.2) is 17.2 Å². The molecule has 0 N–H and O–H groups in total. The third kappa shape index (κ3) is 29.7. The molecule has 2 heterocycles. The van der Waals surface area contributed by atoms with E-state index in [1.54, 1.807) is 4.90 Å². The maximum Gasteiger partial charge on any atom is 0.460 e. The third-order valence-electron chi connectivity index (χ3n) is 22.7. The average molecular weight is 2080 g/mol. The zero-order chi connectivity index (χ0) is 103. The van der Waals surface area contributed by atoms with Gasteiger partial charge in [-0.2, -0.15) is 105 Å². The second kappa shape index (κ2) is 49.5. The van der Waals surface area contributed by atoms with Gasteiger partial charge in [0.25, 0.3) is 10.0 Å². The summed E-state index contributed by atoms with van der Waals surface area (Å²) in [5, 5.41) is -3.15. The quantitative estimate of drug-likeness (QED) is 0.0386. The smallest absolute Gasteiger partial charge is 0.460 e. The van der Waals surface area contributed by atoms with Gasteiger partial charge in [-0.1, -0.05) is 208 Å². The summed E-state index contributed by atoms with van der Waals surface area (Å²) in [7, 11) is -5.42. The summed E-state index contributed by atoms with van der Waals surface area (Å²) in [5.74, 6) is -34.7. The van der Waals surface area contributed by atoms with Gasteiger partial charge in [0, 0.05) is 61.4 Å². The number of fused-ring (bicyclic) bond motifs is 3. The van der Waals surface area contributed by atoms with E-state index in [4.69, 9.17) is 4.74 Å². The van der Waals surface area contributed by atoms with Crippen molar-refractivity contribution in [3.63, 3.8) is 0 Å². The van der Waals surface area contributed by atoms with Crippen LogP contribution < -0.4 is 4.74 Å². The van der Waals surface area contributed by atoms with Crippen LogP contribution in [0, 0.1) is 31.6 Å². The molecule has 140 heavy (non-hydrogen) atoms. The zero-order valence-corrected chi connectivity index (χ0v) is 80.9. The van der Waals surface area contributed by atoms with Crippen LogP contribution in [0.15, 0.2) is 370 Å². The van der Waals surface area contributed by atoms with Crippen molar-refractivity contribution in [3.05, 3.63) is 344 Å². The summed E-state index contributed by atoms with van der Waals surface area (Å²) in [4.78, 5) is 13.8. The highest BCUT2D eigenvalue weighted by Crippen LogP contribution is 2.58. The Bertz CT molecular complexity index is 5440. The molecule has 754 valence electrons. The SMILES string of the molecule is CC(F)(F)C(F)(F)C(F)(F)C(F)(F)F.CC(F)(F)C(F)(F)C(F)(F)S(=O)(=O)N1CCCCC1.CC(F)(F)C(F)(F)C1CC2CCC1C2.CCCCOc1ccc([S+]2CCCC2)c2ccccc12.Cc1cc(C(F)(F)F)cc(C(F)(F)F)c1.Cc1ccc([S+](c2ccccc2)c2ccccc2)cc1.c1ccc([S+](c2ccccc2)c2ccccc2)cc1.c1ccc([S+](c2ccccc2)c2ccccc2)cc1. The molecular weight excluding hydrogens is 1970 g/mol. The van der Waals surface area contributed by atoms with Crippen LogP contribution in [-0.2, 0) is 66.0 Å². The highest BCUT2D eigenvalue weighted by Gasteiger charge is 2.80. The molecule has 2 aliphatic heterocycles. The first-order valence-corrected chi connectivity index (χ1v) is 51.2. The van der Waals surface area contributed by atoms with E-state index in [1.807, 2.05) is 0 Å². The largest absolute Gasteiger partial charge is 0.493 e. The summed E-state index contributed by atoms with van der Waals surface area (Å²) in [6, 6.07) is 109. The number of halogens is 25. The minimum atomic E-state index is -6.77. The van der Waals surface area contributed by atoms with E-state index in [1.165, 1.54) is 98.1 Å². The van der Waals surface area contributed by atoms with Crippen LogP contribution in [-0.4, -0.2) is 96.8 Å². The number of benzene rings is 12. The van der Waals surface area contributed by atoms with E-state index in [2.05, 4.69) is 317 Å². The van der Waals surface area contributed by atoms with Gasteiger partial charge in [0.2, 0.25) is 0 Å². The number of rotatable bonds is 22. The Hall–Kier alpha value is -9.74. The lowest BCUT2D eigenvalue weighted by Crippen LogP contribution is -2.60. The molecular formula is C106H106F25NO3S5+4. The van der Waals surface area contributed by atoms with E-state index in [9.17, 15) is 118 Å². The van der Waals surface area contributed by atoms with Gasteiger partial charge >= 0.3 is 65.2 Å². The number of unbranched alkanes of at least 4 members (excludes halogenated alkanes) is 1. The molecule has 4 aliphatic rings. The Balaban J connectivity index is 0.000000180. The van der Waals surface area contributed by atoms with Crippen LogP contribution in [0.2, 0.25) is 0 Å². The Kier molecular flexibility index (Phi) is 40.3. The molecule has 2 saturated heterocycles. The summed E-state index contributed by atoms with van der Waals surface area (Å²) in [6.07, 6.45) is -7.44. The summed E-state index contributed by atoms with van der Waals surface area (Å²) in [5.41, 5.74) is -1.33. The van der Waals surface area contributed by atoms with Crippen molar-refractivity contribution in [2.45, 2.75) is 226 Å². The summed E-state index contributed by atoms with van der Waals surface area (Å²) >= 11 is 0. The summed E-state index contributed by atoms with van der Waals surface area (Å²) in [6.45, 7) is 4.78. The topological polar surface area (TPSA) is 46.6 Å². The molecule has 0 aromatic heterocycles. The number of ether oxygens (including phenoxy) is 1. The second-order valence-corrected chi connectivity index (χ2v) is 43.8. The van der Waals surface area contributed by atoms with Crippen molar-refractivity contribution >= 4 is 64.4 Å². The Morgan fingerprint density at radius 2 is 0.693 bits per heavy atom. The lowest BCUT2D eigenvalue weighted by Gasteiger charge is -2.35. The molecule has 4 fully saturated rings. The first-order valence-electron chi connectivity index (χ1n) is 44.5. The number of nitrogens with zero attached hydrogens (tertiary/aromatic N) is 1. The summed E-state index contributed by atoms with van der Waals surface area (Å²) < 4.78 is 337. The Morgan fingerprint density at radius 3 is 0.986 bits per heavy atom. The van der Waals surface area contributed by atoms with Gasteiger partial charge in [0.15, 0.2) is 49.0 Å². The van der Waals surface area contributed by atoms with Crippen molar-refractivity contribution in [1.82, 2.24) is 4.31 Å². The van der Waals surface area contributed by atoms with Crippen LogP contribution >= 0.6 is 0 Å². The van der Waals surface area contributed by atoms with Crippen molar-refractivity contribution < 1.29 is 123 Å². The highest BCUT2D eigenvalue weighted by molar-refractivity contribution is 7.98. The number of hydrogen-bond donors (Lipinski definition) is 0. The monoisotopic (exact) mass is 2080 g/mol. The molecule has 2 aliphatic carbocycles. The lowest BCUT2D eigenvalue weighted by molar-refractivity contribution is -0.393. The van der Waals surface area contributed by atoms with E-state index in [-0.39, 0.29) is 86.4 Å². The number of aryl methyl sites for hydroxylation is 2. The standard InChI is InChI=1S/C19H17S.C18H23OS.2C18H15S.C10H14F4.C9H13F6NO2S.C9H6F6.C5H3F9/c1-16-12-14-19(15-13-16)20(17-8-4-2-5-9-17)18-10-6-3-7-11-18;1-2-3-12-19-17-10-11-18(20-13-6-7-14-20)16-9-5-4-8-15(16)17;2*1-4-10-16(11-5-1)19(17-12-6-2-7-13-17)18-14-8-3-9-15-18;1-9(11,12)10(13,14)8-5-6-2-3-7(8)4-6;1-7(10,11)8(12,13)9(14,15)19(17,18)16-5-3-2-4-6-16;1-5-2-6(8(10,11)12)4-7(3-5)9(13,14)15;1-2(6,7)3(8,9)4(10,11)5(12,13)14/h2-15H,1H3;4-5,8-11H,2-3,6-7,12-14H2,1H3;2*1-15H;6-8H,2-5H2,1H3;2-6H2,1H3;2-4H,1H3;1H3/q4*+1;;;;. The molecule has 12 aromatic carbocycles. The highest BCUT2D eigenvalue weighted by atomic mass is 32.2. The van der Waals surface area contributed by atoms with Gasteiger partial charge in [0.1, 0.15) is 17.3 Å². The van der Waals surface area contributed by atoms with Crippen LogP contribution in [0.3, 0.4) is 0 Å². The van der Waals surface area contributed by atoms with Gasteiger partial charge in [0.05, 0.1) is 50.4 Å². The molecule has 34 heteroatoms. The number of sulfonamides is 1. The number of alkyl halides is 25. The van der Waals surface area contributed by atoms with Crippen molar-refractivity contribution in [1.29, 1.82) is 0 Å². The first-order chi connectivity index (χ1) is 65.7. The molecule has 2 saturated carbocycles. The van der Waals surface area contributed by atoms with Crippen molar-refractivity contribution in [3.8, 4) is 5.75 Å². The second-order valence-electron chi connectivity index (χ2n) is 33.5. The minimum absolute atomic E-state index is 0.0146. The van der Waals surface area contributed by atoms with E-state index >= 15 is 0 Å². The molecule has 3 atom stereocenters. The fourth-order valence-corrected chi connectivity index (χ4v) is 25.8. The maximum atomic E-state index is 13.4. The molecule has 16 rings (SSSR count). The third-order valence-corrected chi connectivity index (χ3v) is 33.9. The van der Waals surface area contributed by atoms with E-state index in [0.29, 0.717) is 49.2 Å². The van der Waals surface area contributed by atoms with Gasteiger partial charge in [-0.15, -0.1) is 0 Å². The predicted octanol–water partition coefficient (Wildman–Crippen LogP) is 33.3. The van der Waals surface area contributed by atoms with Gasteiger partial charge < -0.3 is 4.74 Å². The number of hydrogen-bond acceptors (Lipinski definition) is 3.